The summed E-state index contributed by atoms with van der Waals surface area (Å²) in [5.74, 6) is 1.28. The number of Topliss-reactive ketones (excluding diaryl/α,β-unsaturated/α-hetero) is 1. The molecule has 0 aliphatic carbocycles. The van der Waals surface area contributed by atoms with Crippen LogP contribution >= 0.6 is 0 Å². The van der Waals surface area contributed by atoms with Gasteiger partial charge in [-0.15, -0.1) is 0 Å². The van der Waals surface area contributed by atoms with E-state index in [0.29, 0.717) is 12.5 Å². The lowest BCUT2D eigenvalue weighted by molar-refractivity contribution is 0.0735. The van der Waals surface area contributed by atoms with E-state index in [4.69, 9.17) is 4.74 Å². The highest BCUT2D eigenvalue weighted by Gasteiger charge is 2.44. The van der Waals surface area contributed by atoms with Crippen molar-refractivity contribution in [2.75, 3.05) is 19.7 Å². The van der Waals surface area contributed by atoms with Crippen molar-refractivity contribution in [3.05, 3.63) is 29.8 Å². The van der Waals surface area contributed by atoms with Gasteiger partial charge in [-0.1, -0.05) is 32.9 Å². The number of hydrogen-bond acceptors (Lipinski definition) is 3. The third-order valence-electron chi connectivity index (χ3n) is 4.34. The molecule has 1 aromatic carbocycles. The topological polar surface area (TPSA) is 38.3 Å². The monoisotopic (exact) mass is 275 g/mol. The van der Waals surface area contributed by atoms with Gasteiger partial charge in [-0.2, -0.15) is 0 Å². The Hall–Kier alpha value is -1.35. The minimum absolute atomic E-state index is 0.226. The first kappa shape index (κ1) is 15.0. The van der Waals surface area contributed by atoms with E-state index in [0.717, 1.165) is 37.2 Å². The summed E-state index contributed by atoms with van der Waals surface area (Å²) < 4.78 is 5.75. The van der Waals surface area contributed by atoms with Gasteiger partial charge >= 0.3 is 0 Å². The van der Waals surface area contributed by atoms with Crippen LogP contribution in [0.1, 0.15) is 44.0 Å². The van der Waals surface area contributed by atoms with Gasteiger partial charge in [-0.25, -0.2) is 0 Å². The molecule has 1 aliphatic rings. The van der Waals surface area contributed by atoms with E-state index in [1.807, 2.05) is 24.3 Å². The third kappa shape index (κ3) is 2.73. The summed E-state index contributed by atoms with van der Waals surface area (Å²) in [6.07, 6.45) is 1.85. The summed E-state index contributed by atoms with van der Waals surface area (Å²) in [7, 11) is 0. The van der Waals surface area contributed by atoms with Crippen LogP contribution in [-0.4, -0.2) is 25.5 Å². The van der Waals surface area contributed by atoms with Crippen molar-refractivity contribution in [2.24, 2.45) is 11.3 Å². The Labute approximate surface area is 121 Å². The van der Waals surface area contributed by atoms with Crippen molar-refractivity contribution in [3.8, 4) is 5.75 Å². The molecule has 0 aromatic heterocycles. The number of nitrogens with one attached hydrogen (secondary N) is 1. The predicted octanol–water partition coefficient (Wildman–Crippen LogP) is 3.29. The predicted molar refractivity (Wildman–Crippen MR) is 81.3 cm³/mol. The van der Waals surface area contributed by atoms with Gasteiger partial charge < -0.3 is 10.1 Å². The molecular formula is C17H25NO2. The summed E-state index contributed by atoms with van der Waals surface area (Å²) in [5, 5.41) is 3.35. The Morgan fingerprint density at radius 1 is 1.40 bits per heavy atom. The van der Waals surface area contributed by atoms with Crippen LogP contribution in [0.2, 0.25) is 0 Å². The van der Waals surface area contributed by atoms with Crippen molar-refractivity contribution in [3.63, 3.8) is 0 Å². The lowest BCUT2D eigenvalue weighted by atomic mass is 9.71. The molecule has 1 fully saturated rings. The van der Waals surface area contributed by atoms with Crippen LogP contribution in [0.3, 0.4) is 0 Å². The Morgan fingerprint density at radius 3 is 2.75 bits per heavy atom. The minimum atomic E-state index is -0.286. The lowest BCUT2D eigenvalue weighted by Crippen LogP contribution is -2.38. The number of ketones is 1. The zero-order chi connectivity index (χ0) is 14.6. The SMILES string of the molecule is CCCOc1ccccc1C(=O)C1(C(C)C)CCNC1. The first-order valence-electron chi connectivity index (χ1n) is 7.59. The molecule has 0 bridgehead atoms. The average molecular weight is 275 g/mol. The quantitative estimate of drug-likeness (QED) is 0.810. The summed E-state index contributed by atoms with van der Waals surface area (Å²) in [6, 6.07) is 7.65. The van der Waals surface area contributed by atoms with E-state index in [1.54, 1.807) is 0 Å². The summed E-state index contributed by atoms with van der Waals surface area (Å²) >= 11 is 0. The molecule has 110 valence electrons. The molecule has 1 saturated heterocycles. The number of hydrogen-bond donors (Lipinski definition) is 1. The van der Waals surface area contributed by atoms with Gasteiger partial charge in [-0.05, 0) is 37.4 Å². The Kier molecular flexibility index (Phi) is 4.81. The van der Waals surface area contributed by atoms with Gasteiger partial charge in [0.05, 0.1) is 12.2 Å². The molecule has 1 aliphatic heterocycles. The van der Waals surface area contributed by atoms with Gasteiger partial charge in [0.2, 0.25) is 0 Å². The molecule has 1 aromatic rings. The molecule has 3 heteroatoms. The standard InChI is InChI=1S/C17H25NO2/c1-4-11-20-15-8-6-5-7-14(15)16(19)17(13(2)3)9-10-18-12-17/h5-8,13,18H,4,9-12H2,1-3H3. The second-order valence-electron chi connectivity index (χ2n) is 5.91. The van der Waals surface area contributed by atoms with E-state index in [1.165, 1.54) is 0 Å². The number of rotatable bonds is 6. The molecule has 1 unspecified atom stereocenters. The maximum Gasteiger partial charge on any atom is 0.174 e. The molecule has 3 nitrogen and oxygen atoms in total. The normalized spacial score (nSPS) is 22.2. The molecule has 0 spiro atoms. The van der Waals surface area contributed by atoms with E-state index >= 15 is 0 Å². The smallest absolute Gasteiger partial charge is 0.174 e. The number of carbonyl (C=O) groups excluding carboxylic acids is 1. The van der Waals surface area contributed by atoms with Crippen molar-refractivity contribution < 1.29 is 9.53 Å². The number of carbonyl (C=O) groups is 1. The second kappa shape index (κ2) is 6.40. The maximum absolute atomic E-state index is 13.1. The zero-order valence-corrected chi connectivity index (χ0v) is 12.7. The lowest BCUT2D eigenvalue weighted by Gasteiger charge is -2.31. The van der Waals surface area contributed by atoms with E-state index < -0.39 is 0 Å². The fourth-order valence-corrected chi connectivity index (χ4v) is 2.92. The third-order valence-corrected chi connectivity index (χ3v) is 4.34. The Bertz CT molecular complexity index is 462. The number of benzene rings is 1. The molecule has 2 rings (SSSR count). The zero-order valence-electron chi connectivity index (χ0n) is 12.7. The largest absolute Gasteiger partial charge is 0.493 e. The number of para-hydroxylation sites is 1. The molecule has 1 N–H and O–H groups in total. The molecule has 20 heavy (non-hydrogen) atoms. The fourth-order valence-electron chi connectivity index (χ4n) is 2.92. The van der Waals surface area contributed by atoms with Crippen molar-refractivity contribution in [1.82, 2.24) is 5.32 Å². The molecular weight excluding hydrogens is 250 g/mol. The van der Waals surface area contributed by atoms with Gasteiger partial charge in [-0.3, -0.25) is 4.79 Å². The molecule has 0 saturated carbocycles. The van der Waals surface area contributed by atoms with Gasteiger partial charge in [0.25, 0.3) is 0 Å². The first-order valence-corrected chi connectivity index (χ1v) is 7.59. The summed E-state index contributed by atoms with van der Waals surface area (Å²) in [6.45, 7) is 8.69. The highest BCUT2D eigenvalue weighted by molar-refractivity contribution is 6.03. The maximum atomic E-state index is 13.1. The number of ether oxygens (including phenoxy) is 1. The van der Waals surface area contributed by atoms with E-state index in [-0.39, 0.29) is 11.2 Å². The Morgan fingerprint density at radius 2 is 2.15 bits per heavy atom. The van der Waals surface area contributed by atoms with E-state index in [2.05, 4.69) is 26.1 Å². The van der Waals surface area contributed by atoms with Crippen LogP contribution < -0.4 is 10.1 Å². The van der Waals surface area contributed by atoms with E-state index in [9.17, 15) is 4.79 Å². The molecule has 1 atom stereocenters. The van der Waals surface area contributed by atoms with Crippen LogP contribution in [0.25, 0.3) is 0 Å². The summed E-state index contributed by atoms with van der Waals surface area (Å²) in [5.41, 5.74) is 0.449. The Balaban J connectivity index is 2.32. The fraction of sp³-hybridized carbons (Fsp3) is 0.588. The van der Waals surface area contributed by atoms with Crippen molar-refractivity contribution >= 4 is 5.78 Å². The van der Waals surface area contributed by atoms with Crippen LogP contribution in [0.5, 0.6) is 5.75 Å². The van der Waals surface area contributed by atoms with Crippen LogP contribution in [0, 0.1) is 11.3 Å². The van der Waals surface area contributed by atoms with Crippen LogP contribution in [0.4, 0.5) is 0 Å². The van der Waals surface area contributed by atoms with Crippen LogP contribution in [-0.2, 0) is 0 Å². The highest BCUT2D eigenvalue weighted by atomic mass is 16.5. The van der Waals surface area contributed by atoms with Crippen molar-refractivity contribution in [1.29, 1.82) is 0 Å². The molecule has 1 heterocycles. The van der Waals surface area contributed by atoms with Gasteiger partial charge in [0.1, 0.15) is 5.75 Å². The second-order valence-corrected chi connectivity index (χ2v) is 5.91. The van der Waals surface area contributed by atoms with Gasteiger partial charge in [0, 0.05) is 12.0 Å². The molecule has 0 amide bonds. The van der Waals surface area contributed by atoms with Gasteiger partial charge in [0.15, 0.2) is 5.78 Å². The average Bonchev–Trinajstić information content (AvgIpc) is 2.95. The highest BCUT2D eigenvalue weighted by Crippen LogP contribution is 2.39. The summed E-state index contributed by atoms with van der Waals surface area (Å²) in [4.78, 5) is 13.1. The minimum Gasteiger partial charge on any atom is -0.493 e. The molecule has 0 radical (unpaired) electrons. The van der Waals surface area contributed by atoms with Crippen LogP contribution in [0.15, 0.2) is 24.3 Å². The first-order chi connectivity index (χ1) is 9.62. The van der Waals surface area contributed by atoms with Crippen molar-refractivity contribution in [2.45, 2.75) is 33.6 Å².